The van der Waals surface area contributed by atoms with E-state index in [1.165, 1.54) is 43.3 Å². The number of amides is 2. The molecule has 0 saturated heterocycles. The zero-order chi connectivity index (χ0) is 21.2. The van der Waals surface area contributed by atoms with Gasteiger partial charge in [0.05, 0.1) is 16.3 Å². The third kappa shape index (κ3) is 4.97. The van der Waals surface area contributed by atoms with Crippen molar-refractivity contribution in [3.8, 4) is 11.3 Å². The van der Waals surface area contributed by atoms with E-state index in [0.717, 1.165) is 12.1 Å². The molecule has 0 atom stereocenters. The number of hydrogen-bond donors (Lipinski definition) is 2. The minimum atomic E-state index is -4.48. The van der Waals surface area contributed by atoms with Gasteiger partial charge in [0.2, 0.25) is 5.91 Å². The molecule has 9 heteroatoms. The summed E-state index contributed by atoms with van der Waals surface area (Å²) in [5.41, 5.74) is 0.119. The molecule has 0 fully saturated rings. The highest BCUT2D eigenvalue weighted by molar-refractivity contribution is 6.34. The fourth-order valence-electron chi connectivity index (χ4n) is 2.55. The van der Waals surface area contributed by atoms with Gasteiger partial charge in [-0.15, -0.1) is 0 Å². The van der Waals surface area contributed by atoms with E-state index in [1.54, 1.807) is 6.07 Å². The molecule has 0 aliphatic carbocycles. The topological polar surface area (TPSA) is 71.3 Å². The van der Waals surface area contributed by atoms with Crippen LogP contribution in [0.4, 0.5) is 24.5 Å². The first kappa shape index (κ1) is 20.5. The molecule has 0 unspecified atom stereocenters. The minimum absolute atomic E-state index is 0.0978. The molecule has 0 saturated carbocycles. The summed E-state index contributed by atoms with van der Waals surface area (Å²) in [4.78, 5) is 23.5. The third-order valence-corrected chi connectivity index (χ3v) is 4.15. The van der Waals surface area contributed by atoms with Gasteiger partial charge in [-0.05, 0) is 42.5 Å². The Hall–Kier alpha value is -3.26. The molecule has 5 nitrogen and oxygen atoms in total. The summed E-state index contributed by atoms with van der Waals surface area (Å²) < 4.78 is 44.0. The molecule has 0 aliphatic heterocycles. The van der Waals surface area contributed by atoms with Gasteiger partial charge in [-0.2, -0.15) is 13.2 Å². The van der Waals surface area contributed by atoms with Crippen LogP contribution in [0, 0.1) is 0 Å². The van der Waals surface area contributed by atoms with E-state index >= 15 is 0 Å². The van der Waals surface area contributed by atoms with Gasteiger partial charge in [0.15, 0.2) is 5.76 Å². The first-order valence-electron chi connectivity index (χ1n) is 8.29. The molecule has 2 N–H and O–H groups in total. The predicted octanol–water partition coefficient (Wildman–Crippen LogP) is 5.83. The lowest BCUT2D eigenvalue weighted by Crippen LogP contribution is -2.11. The van der Waals surface area contributed by atoms with E-state index in [0.29, 0.717) is 5.69 Å². The van der Waals surface area contributed by atoms with Crippen molar-refractivity contribution in [2.75, 3.05) is 10.6 Å². The number of furan rings is 1. The highest BCUT2D eigenvalue weighted by Crippen LogP contribution is 2.33. The van der Waals surface area contributed by atoms with Crippen molar-refractivity contribution in [3.05, 3.63) is 70.9 Å². The molecule has 0 aliphatic rings. The molecule has 0 radical (unpaired) electrons. The summed E-state index contributed by atoms with van der Waals surface area (Å²) in [6, 6.07) is 11.9. The zero-order valence-corrected chi connectivity index (χ0v) is 15.7. The maximum Gasteiger partial charge on any atom is 0.416 e. The lowest BCUT2D eigenvalue weighted by Gasteiger charge is -2.09. The number of rotatable bonds is 4. The average molecular weight is 423 g/mol. The molecular weight excluding hydrogens is 409 g/mol. The van der Waals surface area contributed by atoms with Crippen LogP contribution < -0.4 is 10.6 Å². The second-order valence-electron chi connectivity index (χ2n) is 6.07. The average Bonchev–Trinajstić information content (AvgIpc) is 3.13. The normalized spacial score (nSPS) is 11.2. The number of nitrogens with one attached hydrogen (secondary N) is 2. The van der Waals surface area contributed by atoms with Gasteiger partial charge in [-0.25, -0.2) is 0 Å². The lowest BCUT2D eigenvalue weighted by atomic mass is 10.1. The van der Waals surface area contributed by atoms with E-state index in [1.807, 2.05) is 0 Å². The number of hydrogen-bond acceptors (Lipinski definition) is 3. The molecule has 3 rings (SSSR count). The fourth-order valence-corrected chi connectivity index (χ4v) is 2.77. The Morgan fingerprint density at radius 3 is 2.41 bits per heavy atom. The zero-order valence-electron chi connectivity index (χ0n) is 14.9. The van der Waals surface area contributed by atoms with Gasteiger partial charge >= 0.3 is 6.18 Å². The van der Waals surface area contributed by atoms with Crippen LogP contribution in [-0.2, 0) is 11.0 Å². The highest BCUT2D eigenvalue weighted by atomic mass is 35.5. The first-order chi connectivity index (χ1) is 13.6. The van der Waals surface area contributed by atoms with Crippen LogP contribution in [0.3, 0.4) is 0 Å². The smallest absolute Gasteiger partial charge is 0.416 e. The van der Waals surface area contributed by atoms with Crippen LogP contribution in [0.5, 0.6) is 0 Å². The van der Waals surface area contributed by atoms with Crippen LogP contribution in [0.15, 0.2) is 59.0 Å². The Morgan fingerprint density at radius 1 is 1.00 bits per heavy atom. The first-order valence-corrected chi connectivity index (χ1v) is 8.67. The standard InChI is InChI=1S/C20H14ClF3N2O3/c1-11(27)25-14-5-6-16(15(21)10-14)26-19(28)18-8-7-17(29-18)12-3-2-4-13(9-12)20(22,23)24/h2-10H,1H3,(H,25,27)(H,26,28). The van der Waals surface area contributed by atoms with E-state index in [-0.39, 0.29) is 33.7 Å². The van der Waals surface area contributed by atoms with E-state index in [9.17, 15) is 22.8 Å². The molecular formula is C20H14ClF3N2O3. The Bertz CT molecular complexity index is 1080. The van der Waals surface area contributed by atoms with Crippen molar-refractivity contribution in [2.24, 2.45) is 0 Å². The maximum atomic E-state index is 12.9. The highest BCUT2D eigenvalue weighted by Gasteiger charge is 2.30. The van der Waals surface area contributed by atoms with Gasteiger partial charge in [0, 0.05) is 18.2 Å². The fraction of sp³-hybridized carbons (Fsp3) is 0.100. The monoisotopic (exact) mass is 422 g/mol. The van der Waals surface area contributed by atoms with Crippen LogP contribution in [0.25, 0.3) is 11.3 Å². The van der Waals surface area contributed by atoms with E-state index in [2.05, 4.69) is 10.6 Å². The summed E-state index contributed by atoms with van der Waals surface area (Å²) in [5.74, 6) is -0.874. The number of carbonyl (C=O) groups is 2. The number of anilines is 2. The molecule has 1 aromatic heterocycles. The van der Waals surface area contributed by atoms with Crippen molar-refractivity contribution < 1.29 is 27.2 Å². The minimum Gasteiger partial charge on any atom is -0.451 e. The molecule has 29 heavy (non-hydrogen) atoms. The Balaban J connectivity index is 1.77. The van der Waals surface area contributed by atoms with Gasteiger partial charge in [-0.1, -0.05) is 23.7 Å². The van der Waals surface area contributed by atoms with E-state index < -0.39 is 17.6 Å². The summed E-state index contributed by atoms with van der Waals surface area (Å²) in [6.45, 7) is 1.35. The van der Waals surface area contributed by atoms with Gasteiger partial charge < -0.3 is 15.1 Å². The molecule has 2 amide bonds. The lowest BCUT2D eigenvalue weighted by molar-refractivity contribution is -0.137. The number of halogens is 4. The van der Waals surface area contributed by atoms with E-state index in [4.69, 9.17) is 16.0 Å². The Labute approximate surface area is 168 Å². The molecule has 3 aromatic rings. The third-order valence-electron chi connectivity index (χ3n) is 3.84. The van der Waals surface area contributed by atoms with Crippen molar-refractivity contribution in [1.82, 2.24) is 0 Å². The number of benzene rings is 2. The predicted molar refractivity (Wildman–Crippen MR) is 103 cm³/mol. The summed E-state index contributed by atoms with van der Waals surface area (Å²) >= 11 is 6.10. The van der Waals surface area contributed by atoms with Crippen molar-refractivity contribution in [3.63, 3.8) is 0 Å². The van der Waals surface area contributed by atoms with Crippen LogP contribution in [-0.4, -0.2) is 11.8 Å². The SMILES string of the molecule is CC(=O)Nc1ccc(NC(=O)c2ccc(-c3cccc(C(F)(F)F)c3)o2)c(Cl)c1. The quantitative estimate of drug-likeness (QED) is 0.555. The molecule has 0 bridgehead atoms. The second-order valence-corrected chi connectivity index (χ2v) is 6.48. The van der Waals surface area contributed by atoms with Crippen LogP contribution in [0.1, 0.15) is 23.0 Å². The number of carbonyl (C=O) groups excluding carboxylic acids is 2. The largest absolute Gasteiger partial charge is 0.451 e. The summed E-state index contributed by atoms with van der Waals surface area (Å²) in [5, 5.41) is 5.30. The van der Waals surface area contributed by atoms with Crippen molar-refractivity contribution in [1.29, 1.82) is 0 Å². The number of alkyl halides is 3. The van der Waals surface area contributed by atoms with Crippen molar-refractivity contribution >= 4 is 34.8 Å². The van der Waals surface area contributed by atoms with Crippen LogP contribution >= 0.6 is 11.6 Å². The summed E-state index contributed by atoms with van der Waals surface area (Å²) in [6.07, 6.45) is -4.48. The molecule has 2 aromatic carbocycles. The van der Waals surface area contributed by atoms with Gasteiger partial charge in [0.25, 0.3) is 5.91 Å². The Morgan fingerprint density at radius 2 is 1.76 bits per heavy atom. The van der Waals surface area contributed by atoms with Crippen molar-refractivity contribution in [2.45, 2.75) is 13.1 Å². The summed E-state index contributed by atoms with van der Waals surface area (Å²) in [7, 11) is 0. The Kier molecular flexibility index (Phi) is 5.65. The molecule has 150 valence electrons. The van der Waals surface area contributed by atoms with Crippen LogP contribution in [0.2, 0.25) is 5.02 Å². The second kappa shape index (κ2) is 8.00. The molecule has 1 heterocycles. The molecule has 0 spiro atoms. The maximum absolute atomic E-state index is 12.9. The van der Waals surface area contributed by atoms with Gasteiger partial charge in [-0.3, -0.25) is 9.59 Å². The van der Waals surface area contributed by atoms with Gasteiger partial charge in [0.1, 0.15) is 5.76 Å².